The highest BCUT2D eigenvalue weighted by atomic mass is 16.2. The molecule has 0 atom stereocenters. The summed E-state index contributed by atoms with van der Waals surface area (Å²) in [5.41, 5.74) is 2.58. The fourth-order valence-corrected chi connectivity index (χ4v) is 2.17. The molecule has 3 rings (SSSR count). The van der Waals surface area contributed by atoms with E-state index in [0.717, 1.165) is 31.0 Å². The van der Waals surface area contributed by atoms with E-state index in [4.69, 9.17) is 5.84 Å². The summed E-state index contributed by atoms with van der Waals surface area (Å²) in [6.07, 6.45) is 2.27. The van der Waals surface area contributed by atoms with Crippen LogP contribution in [0.5, 0.6) is 0 Å². The minimum Gasteiger partial charge on any atom is -0.345 e. The Morgan fingerprint density at radius 3 is 2.79 bits per heavy atom. The van der Waals surface area contributed by atoms with Crippen LogP contribution in [0.4, 0.5) is 11.6 Å². The van der Waals surface area contributed by atoms with Crippen molar-refractivity contribution in [2.75, 3.05) is 37.0 Å². The number of nitrogens with zero attached hydrogens (tertiary/aromatic N) is 4. The molecule has 2 aliphatic rings. The van der Waals surface area contributed by atoms with E-state index in [1.54, 1.807) is 11.0 Å². The average molecular weight is 262 g/mol. The lowest BCUT2D eigenvalue weighted by atomic mass is 10.3. The number of likely N-dealkylation sites (N-methyl/N-ethyl adjacent to an activating group) is 1. The molecule has 2 fully saturated rings. The molecule has 1 aliphatic heterocycles. The quantitative estimate of drug-likeness (QED) is 0.585. The van der Waals surface area contributed by atoms with Crippen LogP contribution in [0.2, 0.25) is 0 Å². The standard InChI is InChI=1S/C12H18N6O/c1-17-4-5-18(7-11(17)19)10-6-9(16-13)14-12(15-10)8-2-3-8/h6,8H,2-5,7,13H2,1H3,(H,14,15,16). The minimum absolute atomic E-state index is 0.111. The van der Waals surface area contributed by atoms with Gasteiger partial charge in [0.15, 0.2) is 0 Å². The van der Waals surface area contributed by atoms with Crippen molar-refractivity contribution in [3.05, 3.63) is 11.9 Å². The maximum Gasteiger partial charge on any atom is 0.241 e. The van der Waals surface area contributed by atoms with Gasteiger partial charge in [-0.3, -0.25) is 4.79 Å². The van der Waals surface area contributed by atoms with Crippen molar-refractivity contribution in [1.82, 2.24) is 14.9 Å². The maximum absolute atomic E-state index is 11.8. The smallest absolute Gasteiger partial charge is 0.241 e. The highest BCUT2D eigenvalue weighted by molar-refractivity contribution is 5.82. The van der Waals surface area contributed by atoms with Gasteiger partial charge in [0.25, 0.3) is 0 Å². The van der Waals surface area contributed by atoms with E-state index in [0.29, 0.717) is 24.8 Å². The number of hydrogen-bond donors (Lipinski definition) is 2. The molecule has 3 N–H and O–H groups in total. The molecule has 1 saturated carbocycles. The van der Waals surface area contributed by atoms with Crippen LogP contribution in [0.15, 0.2) is 6.07 Å². The molecule has 1 amide bonds. The zero-order valence-corrected chi connectivity index (χ0v) is 11.0. The van der Waals surface area contributed by atoms with Crippen molar-refractivity contribution in [3.8, 4) is 0 Å². The Labute approximate surface area is 111 Å². The third-order valence-electron chi connectivity index (χ3n) is 3.60. The highest BCUT2D eigenvalue weighted by Crippen LogP contribution is 2.39. The van der Waals surface area contributed by atoms with E-state index >= 15 is 0 Å². The third-order valence-corrected chi connectivity index (χ3v) is 3.60. The van der Waals surface area contributed by atoms with Gasteiger partial charge in [0.1, 0.15) is 17.5 Å². The van der Waals surface area contributed by atoms with Crippen molar-refractivity contribution in [3.63, 3.8) is 0 Å². The second-order valence-corrected chi connectivity index (χ2v) is 5.13. The summed E-state index contributed by atoms with van der Waals surface area (Å²) in [4.78, 5) is 24.4. The lowest BCUT2D eigenvalue weighted by Crippen LogP contribution is -2.48. The molecule has 102 valence electrons. The molecule has 0 bridgehead atoms. The second kappa shape index (κ2) is 4.65. The van der Waals surface area contributed by atoms with Crippen LogP contribution in [0, 0.1) is 0 Å². The Kier molecular flexibility index (Phi) is 2.98. The molecule has 0 radical (unpaired) electrons. The van der Waals surface area contributed by atoms with E-state index in [2.05, 4.69) is 15.4 Å². The van der Waals surface area contributed by atoms with Gasteiger partial charge in [-0.1, -0.05) is 0 Å². The van der Waals surface area contributed by atoms with Crippen molar-refractivity contribution in [2.24, 2.45) is 5.84 Å². The van der Waals surface area contributed by atoms with Gasteiger partial charge < -0.3 is 15.2 Å². The summed E-state index contributed by atoms with van der Waals surface area (Å²) < 4.78 is 0. The first-order valence-electron chi connectivity index (χ1n) is 6.52. The van der Waals surface area contributed by atoms with E-state index in [1.807, 2.05) is 11.9 Å². The average Bonchev–Trinajstić information content (AvgIpc) is 3.26. The fraction of sp³-hybridized carbons (Fsp3) is 0.583. The molecule has 19 heavy (non-hydrogen) atoms. The highest BCUT2D eigenvalue weighted by Gasteiger charge is 2.29. The van der Waals surface area contributed by atoms with Gasteiger partial charge in [0, 0.05) is 32.1 Å². The minimum atomic E-state index is 0.111. The number of carbonyl (C=O) groups is 1. The van der Waals surface area contributed by atoms with Crippen LogP contribution >= 0.6 is 0 Å². The van der Waals surface area contributed by atoms with Crippen LogP contribution in [-0.2, 0) is 4.79 Å². The molecule has 0 spiro atoms. The van der Waals surface area contributed by atoms with Crippen molar-refractivity contribution < 1.29 is 4.79 Å². The first-order valence-corrected chi connectivity index (χ1v) is 6.52. The topological polar surface area (TPSA) is 87.4 Å². The van der Waals surface area contributed by atoms with Gasteiger partial charge >= 0.3 is 0 Å². The number of nitrogen functional groups attached to an aromatic ring is 1. The number of carbonyl (C=O) groups excluding carboxylic acids is 1. The molecule has 0 aromatic carbocycles. The molecule has 0 unspecified atom stereocenters. The van der Waals surface area contributed by atoms with Crippen molar-refractivity contribution in [1.29, 1.82) is 0 Å². The van der Waals surface area contributed by atoms with Crippen molar-refractivity contribution >= 4 is 17.5 Å². The molecule has 1 aromatic heterocycles. The predicted molar refractivity (Wildman–Crippen MR) is 71.7 cm³/mol. The first-order chi connectivity index (χ1) is 9.17. The largest absolute Gasteiger partial charge is 0.345 e. The monoisotopic (exact) mass is 262 g/mol. The van der Waals surface area contributed by atoms with Gasteiger partial charge in [0.05, 0.1) is 6.54 Å². The third kappa shape index (κ3) is 2.46. The molecule has 1 aliphatic carbocycles. The molecule has 7 nitrogen and oxygen atoms in total. The number of hydrazine groups is 1. The molecule has 2 heterocycles. The predicted octanol–water partition coefficient (Wildman–Crippen LogP) is -0.0820. The van der Waals surface area contributed by atoms with Crippen LogP contribution < -0.4 is 16.2 Å². The summed E-state index contributed by atoms with van der Waals surface area (Å²) in [6, 6.07) is 1.80. The lowest BCUT2D eigenvalue weighted by molar-refractivity contribution is -0.129. The zero-order valence-electron chi connectivity index (χ0n) is 11.0. The Morgan fingerprint density at radius 1 is 1.37 bits per heavy atom. The van der Waals surface area contributed by atoms with E-state index in [-0.39, 0.29) is 5.91 Å². The summed E-state index contributed by atoms with van der Waals surface area (Å²) in [6.45, 7) is 1.86. The van der Waals surface area contributed by atoms with Crippen LogP contribution in [0.1, 0.15) is 24.6 Å². The molecule has 7 heteroatoms. The van der Waals surface area contributed by atoms with E-state index < -0.39 is 0 Å². The van der Waals surface area contributed by atoms with Gasteiger partial charge in [-0.25, -0.2) is 15.8 Å². The lowest BCUT2D eigenvalue weighted by Gasteiger charge is -2.32. The SMILES string of the molecule is CN1CCN(c2cc(NN)nc(C3CC3)n2)CC1=O. The van der Waals surface area contributed by atoms with E-state index in [1.165, 1.54) is 0 Å². The maximum atomic E-state index is 11.8. The first kappa shape index (κ1) is 12.2. The number of rotatable bonds is 3. The van der Waals surface area contributed by atoms with Crippen LogP contribution in [-0.4, -0.2) is 47.5 Å². The summed E-state index contributed by atoms with van der Waals surface area (Å²) in [5.74, 6) is 8.24. The Balaban J connectivity index is 1.86. The van der Waals surface area contributed by atoms with Gasteiger partial charge in [-0.15, -0.1) is 0 Å². The van der Waals surface area contributed by atoms with E-state index in [9.17, 15) is 4.79 Å². The van der Waals surface area contributed by atoms with Crippen LogP contribution in [0.3, 0.4) is 0 Å². The summed E-state index contributed by atoms with van der Waals surface area (Å²) in [5, 5.41) is 0. The Hall–Kier alpha value is -1.89. The Morgan fingerprint density at radius 2 is 2.16 bits per heavy atom. The van der Waals surface area contributed by atoms with Gasteiger partial charge in [0.2, 0.25) is 5.91 Å². The van der Waals surface area contributed by atoms with Crippen LogP contribution in [0.25, 0.3) is 0 Å². The fourth-order valence-electron chi connectivity index (χ4n) is 2.17. The number of anilines is 2. The Bertz CT molecular complexity index is 501. The summed E-state index contributed by atoms with van der Waals surface area (Å²) >= 11 is 0. The van der Waals surface area contributed by atoms with Gasteiger partial charge in [-0.05, 0) is 12.8 Å². The zero-order chi connectivity index (χ0) is 13.4. The summed E-state index contributed by atoms with van der Waals surface area (Å²) in [7, 11) is 1.82. The molecule has 1 saturated heterocycles. The second-order valence-electron chi connectivity index (χ2n) is 5.13. The number of piperazine rings is 1. The normalized spacial score (nSPS) is 19.8. The number of nitrogens with one attached hydrogen (secondary N) is 1. The molecular weight excluding hydrogens is 244 g/mol. The number of amides is 1. The molecular formula is C12H18N6O. The molecule has 1 aromatic rings. The van der Waals surface area contributed by atoms with Crippen molar-refractivity contribution in [2.45, 2.75) is 18.8 Å². The number of hydrogen-bond acceptors (Lipinski definition) is 6. The number of nitrogens with two attached hydrogens (primary N) is 1. The number of aromatic nitrogens is 2. The van der Waals surface area contributed by atoms with Gasteiger partial charge in [-0.2, -0.15) is 0 Å².